The van der Waals surface area contributed by atoms with Gasteiger partial charge < -0.3 is 10.1 Å². The van der Waals surface area contributed by atoms with Crippen molar-refractivity contribution in [2.45, 2.75) is 20.0 Å². The van der Waals surface area contributed by atoms with E-state index in [1.165, 1.54) is 17.0 Å². The van der Waals surface area contributed by atoms with Crippen LogP contribution in [0.3, 0.4) is 0 Å². The third-order valence-electron chi connectivity index (χ3n) is 4.25. The highest BCUT2D eigenvalue weighted by molar-refractivity contribution is 9.11. The zero-order chi connectivity index (χ0) is 21.8. The number of nitrogens with zero attached hydrogens (tertiary/aromatic N) is 2. The fourth-order valence-corrected chi connectivity index (χ4v) is 4.33. The summed E-state index contributed by atoms with van der Waals surface area (Å²) in [5, 5.41) is 13.5. The van der Waals surface area contributed by atoms with Crippen molar-refractivity contribution in [1.82, 2.24) is 10.2 Å². The Bertz CT molecular complexity index is 1030. The molecule has 3 rings (SSSR count). The van der Waals surface area contributed by atoms with Gasteiger partial charge in [0.25, 0.3) is 11.6 Å². The van der Waals surface area contributed by atoms with E-state index in [1.807, 2.05) is 6.92 Å². The molecule has 0 bridgehead atoms. The molecule has 1 N–H and O–H groups in total. The lowest BCUT2D eigenvalue weighted by Crippen LogP contribution is -2.31. The van der Waals surface area contributed by atoms with Gasteiger partial charge in [-0.15, -0.1) is 0 Å². The third-order valence-corrected chi connectivity index (χ3v) is 5.42. The maximum atomic E-state index is 12.4. The minimum Gasteiger partial charge on any atom is -0.487 e. The summed E-state index contributed by atoms with van der Waals surface area (Å²) in [7, 11) is 0. The van der Waals surface area contributed by atoms with Gasteiger partial charge in [0, 0.05) is 18.7 Å². The molecule has 8 nitrogen and oxygen atoms in total. The SMILES string of the molecule is CCCN1C(=O)N/C(=C/c2cc(Br)c(OCc3cccc([N+](=O)[O-])c3)c(Br)c2)C1=O. The molecule has 0 atom stereocenters. The number of carbonyl (C=O) groups excluding carboxylic acids is 2. The van der Waals surface area contributed by atoms with E-state index >= 15 is 0 Å². The number of carbonyl (C=O) groups is 2. The first-order chi connectivity index (χ1) is 14.3. The van der Waals surface area contributed by atoms with Crippen LogP contribution in [0.4, 0.5) is 10.5 Å². The summed E-state index contributed by atoms with van der Waals surface area (Å²) < 4.78 is 7.06. The van der Waals surface area contributed by atoms with Crippen LogP contribution in [-0.4, -0.2) is 28.3 Å². The number of nitro benzene ring substituents is 1. The first kappa shape index (κ1) is 22.0. The fourth-order valence-electron chi connectivity index (χ4n) is 2.88. The average Bonchev–Trinajstić information content (AvgIpc) is 2.95. The Morgan fingerprint density at radius 3 is 2.53 bits per heavy atom. The molecule has 2 aromatic carbocycles. The second-order valence-electron chi connectivity index (χ2n) is 6.47. The molecule has 0 aromatic heterocycles. The van der Waals surface area contributed by atoms with Crippen molar-refractivity contribution in [3.8, 4) is 5.75 Å². The van der Waals surface area contributed by atoms with Crippen LogP contribution in [0.15, 0.2) is 51.0 Å². The van der Waals surface area contributed by atoms with Gasteiger partial charge in [-0.1, -0.05) is 19.1 Å². The molecule has 0 unspecified atom stereocenters. The molecule has 3 amide bonds. The van der Waals surface area contributed by atoms with E-state index in [0.717, 1.165) is 0 Å². The summed E-state index contributed by atoms with van der Waals surface area (Å²) in [6, 6.07) is 9.29. The van der Waals surface area contributed by atoms with Crippen LogP contribution in [-0.2, 0) is 11.4 Å². The smallest absolute Gasteiger partial charge is 0.329 e. The number of urea groups is 1. The molecule has 0 aliphatic carbocycles. The van der Waals surface area contributed by atoms with Gasteiger partial charge in [0.15, 0.2) is 0 Å². The number of nitro groups is 1. The Hall–Kier alpha value is -2.72. The predicted octanol–water partition coefficient (Wildman–Crippen LogP) is 5.00. The Kier molecular flexibility index (Phi) is 6.88. The normalized spacial score (nSPS) is 14.9. The van der Waals surface area contributed by atoms with Gasteiger partial charge >= 0.3 is 6.03 Å². The van der Waals surface area contributed by atoms with Crippen molar-refractivity contribution in [3.63, 3.8) is 0 Å². The largest absolute Gasteiger partial charge is 0.487 e. The summed E-state index contributed by atoms with van der Waals surface area (Å²) in [5.74, 6) is 0.151. The minimum absolute atomic E-state index is 0.00315. The van der Waals surface area contributed by atoms with Crippen LogP contribution in [0.25, 0.3) is 6.08 Å². The van der Waals surface area contributed by atoms with E-state index in [1.54, 1.807) is 30.3 Å². The average molecular weight is 539 g/mol. The van der Waals surface area contributed by atoms with Crippen molar-refractivity contribution in [2.75, 3.05) is 6.54 Å². The van der Waals surface area contributed by atoms with Crippen LogP contribution in [0, 0.1) is 10.1 Å². The quantitative estimate of drug-likeness (QED) is 0.231. The van der Waals surface area contributed by atoms with Crippen LogP contribution < -0.4 is 10.1 Å². The van der Waals surface area contributed by atoms with Crippen molar-refractivity contribution in [1.29, 1.82) is 0 Å². The Balaban J connectivity index is 1.78. The molecule has 1 aliphatic heterocycles. The van der Waals surface area contributed by atoms with Gasteiger partial charge in [0.2, 0.25) is 0 Å². The zero-order valence-corrected chi connectivity index (χ0v) is 19.0. The highest BCUT2D eigenvalue weighted by atomic mass is 79.9. The first-order valence-electron chi connectivity index (χ1n) is 9.00. The van der Waals surface area contributed by atoms with Crippen molar-refractivity contribution < 1.29 is 19.2 Å². The highest BCUT2D eigenvalue weighted by Gasteiger charge is 2.32. The molecule has 10 heteroatoms. The van der Waals surface area contributed by atoms with Gasteiger partial charge in [-0.25, -0.2) is 4.79 Å². The summed E-state index contributed by atoms with van der Waals surface area (Å²) in [4.78, 5) is 35.9. The molecule has 0 radical (unpaired) electrons. The van der Waals surface area contributed by atoms with Gasteiger partial charge in [-0.3, -0.25) is 19.8 Å². The van der Waals surface area contributed by atoms with Gasteiger partial charge in [-0.05, 0) is 67.6 Å². The molecule has 2 aromatic rings. The Labute approximate surface area is 189 Å². The van der Waals surface area contributed by atoms with Crippen LogP contribution in [0.2, 0.25) is 0 Å². The summed E-state index contributed by atoms with van der Waals surface area (Å²) in [5.41, 5.74) is 1.54. The van der Waals surface area contributed by atoms with Crippen molar-refractivity contribution in [2.24, 2.45) is 0 Å². The summed E-state index contributed by atoms with van der Waals surface area (Å²) in [6.45, 7) is 2.39. The molecular formula is C20H17Br2N3O5. The lowest BCUT2D eigenvalue weighted by Gasteiger charge is -2.12. The van der Waals surface area contributed by atoms with Gasteiger partial charge in [0.05, 0.1) is 13.9 Å². The number of ether oxygens (including phenoxy) is 1. The van der Waals surface area contributed by atoms with E-state index in [4.69, 9.17) is 4.74 Å². The highest BCUT2D eigenvalue weighted by Crippen LogP contribution is 2.36. The second kappa shape index (κ2) is 9.40. The minimum atomic E-state index is -0.456. The number of non-ortho nitro benzene ring substituents is 1. The molecule has 0 spiro atoms. The van der Waals surface area contributed by atoms with Crippen LogP contribution in [0.5, 0.6) is 5.75 Å². The van der Waals surface area contributed by atoms with Crippen LogP contribution in [0.1, 0.15) is 24.5 Å². The number of rotatable bonds is 7. The maximum Gasteiger partial charge on any atom is 0.329 e. The molecule has 0 saturated carbocycles. The van der Waals surface area contributed by atoms with E-state index < -0.39 is 11.0 Å². The zero-order valence-electron chi connectivity index (χ0n) is 15.9. The van der Waals surface area contributed by atoms with E-state index in [0.29, 0.717) is 38.8 Å². The predicted molar refractivity (Wildman–Crippen MR) is 118 cm³/mol. The number of benzene rings is 2. The lowest BCUT2D eigenvalue weighted by molar-refractivity contribution is -0.384. The topological polar surface area (TPSA) is 102 Å². The van der Waals surface area contributed by atoms with E-state index in [-0.39, 0.29) is 23.9 Å². The molecule has 1 fully saturated rings. The van der Waals surface area contributed by atoms with Crippen LogP contribution >= 0.6 is 31.9 Å². The van der Waals surface area contributed by atoms with Gasteiger partial charge in [0.1, 0.15) is 18.1 Å². The van der Waals surface area contributed by atoms with E-state index in [2.05, 4.69) is 37.2 Å². The standard InChI is InChI=1S/C20H17Br2N3O5/c1-2-6-24-19(26)17(23-20(24)27)10-13-8-15(21)18(16(22)9-13)30-11-12-4-3-5-14(7-12)25(28)29/h3-5,7-10H,2,6,11H2,1H3,(H,23,27)/b17-10+. The monoisotopic (exact) mass is 537 g/mol. The van der Waals surface area contributed by atoms with Crippen molar-refractivity contribution in [3.05, 3.63) is 72.3 Å². The number of nitrogens with one attached hydrogen (secondary N) is 1. The molecular weight excluding hydrogens is 522 g/mol. The fraction of sp³-hybridized carbons (Fsp3) is 0.200. The van der Waals surface area contributed by atoms with E-state index in [9.17, 15) is 19.7 Å². The number of amides is 3. The lowest BCUT2D eigenvalue weighted by atomic mass is 10.1. The molecule has 1 aliphatic rings. The third kappa shape index (κ3) is 4.88. The molecule has 30 heavy (non-hydrogen) atoms. The Morgan fingerprint density at radius 2 is 1.90 bits per heavy atom. The second-order valence-corrected chi connectivity index (χ2v) is 8.18. The molecule has 1 heterocycles. The first-order valence-corrected chi connectivity index (χ1v) is 10.6. The number of halogens is 2. The molecule has 1 saturated heterocycles. The number of hydrogen-bond acceptors (Lipinski definition) is 5. The van der Waals surface area contributed by atoms with Crippen molar-refractivity contribution >= 4 is 55.6 Å². The molecule has 156 valence electrons. The van der Waals surface area contributed by atoms with Gasteiger partial charge in [-0.2, -0.15) is 0 Å². The summed E-state index contributed by atoms with van der Waals surface area (Å²) >= 11 is 6.89. The Morgan fingerprint density at radius 1 is 1.20 bits per heavy atom. The summed E-state index contributed by atoms with van der Waals surface area (Å²) in [6.07, 6.45) is 2.27. The number of imide groups is 1. The number of hydrogen-bond donors (Lipinski definition) is 1. The maximum absolute atomic E-state index is 12.4.